The Morgan fingerprint density at radius 2 is 2.31 bits per heavy atom. The fourth-order valence-corrected chi connectivity index (χ4v) is 2.16. The normalized spacial score (nSPS) is 18.9. The number of hydrogen-bond acceptors (Lipinski definition) is 3. The summed E-state index contributed by atoms with van der Waals surface area (Å²) >= 11 is 0. The largest absolute Gasteiger partial charge is 0.478 e. The van der Waals surface area contributed by atoms with Gasteiger partial charge in [0.1, 0.15) is 0 Å². The molecule has 0 unspecified atom stereocenters. The van der Waals surface area contributed by atoms with Gasteiger partial charge in [0.25, 0.3) is 0 Å². The van der Waals surface area contributed by atoms with Crippen molar-refractivity contribution >= 4 is 5.97 Å². The molecule has 0 amide bonds. The van der Waals surface area contributed by atoms with Crippen LogP contribution in [0.15, 0.2) is 6.07 Å². The van der Waals surface area contributed by atoms with E-state index in [0.717, 1.165) is 11.3 Å². The molecule has 0 radical (unpaired) electrons. The summed E-state index contributed by atoms with van der Waals surface area (Å²) in [5, 5.41) is 12.4. The number of nitrogens with zero attached hydrogens (tertiary/aromatic N) is 1. The van der Waals surface area contributed by atoms with Crippen LogP contribution >= 0.6 is 0 Å². The standard InChI is InChI=1S/C12H16N2O2/c1-6(2)10-11-8(5-13-10)4-9(12(15)16)7(3)14-11/h4,6,10,13H,5H2,1-3H3,(H,15,16)/t10-/m0/s1. The second kappa shape index (κ2) is 3.87. The zero-order valence-electron chi connectivity index (χ0n) is 9.74. The maximum atomic E-state index is 11.0. The fraction of sp³-hybridized carbons (Fsp3) is 0.500. The van der Waals surface area contributed by atoms with E-state index in [-0.39, 0.29) is 6.04 Å². The van der Waals surface area contributed by atoms with Crippen molar-refractivity contribution in [2.24, 2.45) is 5.92 Å². The van der Waals surface area contributed by atoms with E-state index in [1.54, 1.807) is 13.0 Å². The van der Waals surface area contributed by atoms with Crippen LogP contribution in [0.25, 0.3) is 0 Å². The van der Waals surface area contributed by atoms with Gasteiger partial charge in [0.05, 0.1) is 23.0 Å². The van der Waals surface area contributed by atoms with Crippen molar-refractivity contribution in [1.82, 2.24) is 10.3 Å². The monoisotopic (exact) mass is 220 g/mol. The molecule has 2 N–H and O–H groups in total. The molecule has 0 bridgehead atoms. The molecule has 2 rings (SSSR count). The van der Waals surface area contributed by atoms with Gasteiger partial charge < -0.3 is 10.4 Å². The average molecular weight is 220 g/mol. The highest BCUT2D eigenvalue weighted by Gasteiger charge is 2.27. The third-order valence-corrected chi connectivity index (χ3v) is 3.03. The second-order valence-corrected chi connectivity index (χ2v) is 4.57. The predicted octanol–water partition coefficient (Wildman–Crippen LogP) is 1.89. The summed E-state index contributed by atoms with van der Waals surface area (Å²) in [7, 11) is 0. The lowest BCUT2D eigenvalue weighted by atomic mass is 9.99. The average Bonchev–Trinajstić information content (AvgIpc) is 2.58. The quantitative estimate of drug-likeness (QED) is 0.799. The molecule has 1 aliphatic heterocycles. The number of carbonyl (C=O) groups is 1. The molecule has 4 heteroatoms. The maximum Gasteiger partial charge on any atom is 0.337 e. The number of carboxylic acids is 1. The number of pyridine rings is 1. The van der Waals surface area contributed by atoms with Crippen LogP contribution in [0.4, 0.5) is 0 Å². The Kier molecular flexibility index (Phi) is 2.68. The van der Waals surface area contributed by atoms with Gasteiger partial charge in [-0.05, 0) is 24.5 Å². The molecule has 1 aromatic heterocycles. The molecule has 1 aliphatic rings. The molecule has 2 heterocycles. The Balaban J connectivity index is 2.48. The maximum absolute atomic E-state index is 11.0. The van der Waals surface area contributed by atoms with Crippen LogP contribution in [0, 0.1) is 12.8 Å². The Morgan fingerprint density at radius 3 is 2.88 bits per heavy atom. The highest BCUT2D eigenvalue weighted by molar-refractivity contribution is 5.89. The van der Waals surface area contributed by atoms with Gasteiger partial charge in [0, 0.05) is 6.54 Å². The molecule has 0 aromatic carbocycles. The van der Waals surface area contributed by atoms with E-state index in [4.69, 9.17) is 5.11 Å². The number of rotatable bonds is 2. The van der Waals surface area contributed by atoms with Gasteiger partial charge in [-0.2, -0.15) is 0 Å². The molecule has 1 atom stereocenters. The van der Waals surface area contributed by atoms with Crippen molar-refractivity contribution in [3.63, 3.8) is 0 Å². The summed E-state index contributed by atoms with van der Waals surface area (Å²) in [6, 6.07) is 1.99. The van der Waals surface area contributed by atoms with Gasteiger partial charge in [-0.15, -0.1) is 0 Å². The number of fused-ring (bicyclic) bond motifs is 1. The number of aromatic nitrogens is 1. The summed E-state index contributed by atoms with van der Waals surface area (Å²) in [5.41, 5.74) is 2.93. The smallest absolute Gasteiger partial charge is 0.337 e. The third kappa shape index (κ3) is 1.69. The predicted molar refractivity (Wildman–Crippen MR) is 60.4 cm³/mol. The molecule has 0 saturated carbocycles. The minimum atomic E-state index is -0.902. The number of aryl methyl sites for hydroxylation is 1. The zero-order chi connectivity index (χ0) is 11.9. The van der Waals surface area contributed by atoms with Crippen LogP contribution in [0.5, 0.6) is 0 Å². The van der Waals surface area contributed by atoms with Crippen molar-refractivity contribution in [3.05, 3.63) is 28.6 Å². The van der Waals surface area contributed by atoms with E-state index in [1.807, 2.05) is 0 Å². The molecule has 4 nitrogen and oxygen atoms in total. The first-order chi connectivity index (χ1) is 7.50. The third-order valence-electron chi connectivity index (χ3n) is 3.03. The number of aromatic carboxylic acids is 1. The SMILES string of the molecule is Cc1nc2c(cc1C(=O)O)CN[C@H]2C(C)C. The first-order valence-electron chi connectivity index (χ1n) is 5.47. The molecular formula is C12H16N2O2. The van der Waals surface area contributed by atoms with Crippen LogP contribution in [-0.2, 0) is 6.54 Å². The molecule has 0 spiro atoms. The van der Waals surface area contributed by atoms with Crippen molar-refractivity contribution in [1.29, 1.82) is 0 Å². The lowest BCUT2D eigenvalue weighted by molar-refractivity contribution is 0.0695. The van der Waals surface area contributed by atoms with Crippen LogP contribution in [-0.4, -0.2) is 16.1 Å². The van der Waals surface area contributed by atoms with Gasteiger partial charge >= 0.3 is 5.97 Å². The molecule has 0 fully saturated rings. The van der Waals surface area contributed by atoms with Crippen LogP contribution in [0.2, 0.25) is 0 Å². The van der Waals surface area contributed by atoms with Crippen LogP contribution in [0.1, 0.15) is 47.2 Å². The topological polar surface area (TPSA) is 62.2 Å². The summed E-state index contributed by atoms with van der Waals surface area (Å²) in [5.74, 6) is -0.440. The van der Waals surface area contributed by atoms with Crippen molar-refractivity contribution < 1.29 is 9.90 Å². The van der Waals surface area contributed by atoms with E-state index in [2.05, 4.69) is 24.1 Å². The van der Waals surface area contributed by atoms with E-state index in [1.165, 1.54) is 0 Å². The lowest BCUT2D eigenvalue weighted by Crippen LogP contribution is -2.18. The van der Waals surface area contributed by atoms with Crippen LogP contribution < -0.4 is 5.32 Å². The number of carboxylic acid groups (broad SMARTS) is 1. The molecule has 0 saturated heterocycles. The second-order valence-electron chi connectivity index (χ2n) is 4.57. The van der Waals surface area contributed by atoms with Crippen LogP contribution in [0.3, 0.4) is 0 Å². The molecular weight excluding hydrogens is 204 g/mol. The Labute approximate surface area is 94.7 Å². The molecule has 1 aromatic rings. The zero-order valence-corrected chi connectivity index (χ0v) is 9.74. The van der Waals surface area contributed by atoms with Gasteiger partial charge in [0.15, 0.2) is 0 Å². The van der Waals surface area contributed by atoms with Gasteiger partial charge in [-0.1, -0.05) is 13.8 Å². The van der Waals surface area contributed by atoms with Crippen molar-refractivity contribution in [2.45, 2.75) is 33.4 Å². The summed E-state index contributed by atoms with van der Waals surface area (Å²) in [4.78, 5) is 15.4. The van der Waals surface area contributed by atoms with Gasteiger partial charge in [-0.25, -0.2) is 4.79 Å². The van der Waals surface area contributed by atoms with Gasteiger partial charge in [-0.3, -0.25) is 4.98 Å². The Bertz CT molecular complexity index is 441. The lowest BCUT2D eigenvalue weighted by Gasteiger charge is -2.15. The molecule has 86 valence electrons. The minimum absolute atomic E-state index is 0.247. The van der Waals surface area contributed by atoms with Gasteiger partial charge in [0.2, 0.25) is 0 Å². The summed E-state index contributed by atoms with van der Waals surface area (Å²) in [6.07, 6.45) is 0. The van der Waals surface area contributed by atoms with E-state index in [0.29, 0.717) is 23.7 Å². The van der Waals surface area contributed by atoms with E-state index in [9.17, 15) is 4.79 Å². The molecule has 0 aliphatic carbocycles. The number of hydrogen-bond donors (Lipinski definition) is 2. The number of nitrogens with one attached hydrogen (secondary N) is 1. The summed E-state index contributed by atoms with van der Waals surface area (Å²) < 4.78 is 0. The fourth-order valence-electron chi connectivity index (χ4n) is 2.16. The minimum Gasteiger partial charge on any atom is -0.478 e. The highest BCUT2D eigenvalue weighted by atomic mass is 16.4. The highest BCUT2D eigenvalue weighted by Crippen LogP contribution is 2.30. The molecule has 16 heavy (non-hydrogen) atoms. The summed E-state index contributed by atoms with van der Waals surface area (Å²) in [6.45, 7) is 6.73. The first-order valence-corrected chi connectivity index (χ1v) is 5.47. The Morgan fingerprint density at radius 1 is 1.62 bits per heavy atom. The van der Waals surface area contributed by atoms with E-state index < -0.39 is 5.97 Å². The van der Waals surface area contributed by atoms with Crippen molar-refractivity contribution in [3.8, 4) is 0 Å². The Hall–Kier alpha value is -1.42. The first kappa shape index (κ1) is 11.1. The van der Waals surface area contributed by atoms with E-state index >= 15 is 0 Å². The van der Waals surface area contributed by atoms with Crippen molar-refractivity contribution in [2.75, 3.05) is 0 Å².